The number of hydrogen-bond acceptors (Lipinski definition) is 7. The maximum absolute atomic E-state index is 12.1. The summed E-state index contributed by atoms with van der Waals surface area (Å²) in [6.45, 7) is 3.63. The number of esters is 1. The number of amides is 1. The quantitative estimate of drug-likeness (QED) is 0.0313. The normalized spacial score (nSPS) is 13.0. The van der Waals surface area contributed by atoms with Gasteiger partial charge in [0.2, 0.25) is 5.91 Å². The molecule has 0 saturated heterocycles. The molecule has 3 N–H and O–H groups in total. The molecule has 61 heavy (non-hydrogen) atoms. The van der Waals surface area contributed by atoms with Gasteiger partial charge < -0.3 is 20.1 Å². The Labute approximate surface area is 377 Å². The zero-order valence-electron chi connectivity index (χ0n) is 40.4. The van der Waals surface area contributed by atoms with Crippen molar-refractivity contribution in [3.63, 3.8) is 0 Å². The molecule has 1 amide bonds. The first-order chi connectivity index (χ1) is 29.8. The molecule has 0 rings (SSSR count). The first-order valence-corrected chi connectivity index (χ1v) is 28.0. The standard InChI is InChI=1S/C51H102NO8P/c1-3-5-7-9-11-13-15-17-19-21-22-23-24-25-26-28-29-31-33-35-37-39-41-43-50(54)52-45-46-59-61(56,57)60-48-49(53)47-58-51(55)44-42-40-38-36-34-32-30-27-20-18-16-14-12-10-8-6-4-2/h49,53H,3-48H2,1-2H3,(H,52,54)(H,56,57). The highest BCUT2D eigenvalue weighted by Gasteiger charge is 2.23. The van der Waals surface area contributed by atoms with E-state index in [1.807, 2.05) is 0 Å². The lowest BCUT2D eigenvalue weighted by molar-refractivity contribution is -0.147. The molecular weight excluding hydrogens is 786 g/mol. The SMILES string of the molecule is CCCCCCCCCCCCCCCCCCCCCCCCCC(=O)NCCOP(=O)(O)OCC(O)COC(=O)CCCCCCCCCCCCCCCCCCC. The highest BCUT2D eigenvalue weighted by Crippen LogP contribution is 2.42. The Morgan fingerprint density at radius 1 is 0.443 bits per heavy atom. The van der Waals surface area contributed by atoms with Gasteiger partial charge in [0, 0.05) is 19.4 Å². The smallest absolute Gasteiger partial charge is 0.463 e. The van der Waals surface area contributed by atoms with Gasteiger partial charge in [0.05, 0.1) is 13.2 Å². The van der Waals surface area contributed by atoms with Gasteiger partial charge in [0.1, 0.15) is 12.7 Å². The molecule has 0 aromatic rings. The maximum atomic E-state index is 12.1. The number of phosphoric acid groups is 1. The van der Waals surface area contributed by atoms with Crippen molar-refractivity contribution in [1.82, 2.24) is 5.32 Å². The molecular formula is C51H102NO8P. The van der Waals surface area contributed by atoms with Crippen LogP contribution in [0.15, 0.2) is 0 Å². The van der Waals surface area contributed by atoms with Gasteiger partial charge in [0.25, 0.3) is 0 Å². The Bertz CT molecular complexity index is 969. The van der Waals surface area contributed by atoms with Gasteiger partial charge in [0.15, 0.2) is 0 Å². The van der Waals surface area contributed by atoms with E-state index in [9.17, 15) is 24.2 Å². The third-order valence-corrected chi connectivity index (χ3v) is 13.0. The topological polar surface area (TPSA) is 131 Å². The number of carbonyl (C=O) groups is 2. The second-order valence-electron chi connectivity index (χ2n) is 18.2. The zero-order chi connectivity index (χ0) is 44.6. The summed E-state index contributed by atoms with van der Waals surface area (Å²) in [6.07, 6.45) is 51.9. The van der Waals surface area contributed by atoms with Gasteiger partial charge in [-0.05, 0) is 12.8 Å². The van der Waals surface area contributed by atoms with Crippen LogP contribution >= 0.6 is 7.82 Å². The minimum Gasteiger partial charge on any atom is -0.463 e. The number of aliphatic hydroxyl groups is 1. The Kier molecular flexibility index (Phi) is 47.7. The maximum Gasteiger partial charge on any atom is 0.472 e. The van der Waals surface area contributed by atoms with E-state index < -0.39 is 26.5 Å². The fraction of sp³-hybridized carbons (Fsp3) is 0.961. The molecule has 0 heterocycles. The van der Waals surface area contributed by atoms with Crippen molar-refractivity contribution in [2.24, 2.45) is 0 Å². The van der Waals surface area contributed by atoms with Crippen LogP contribution in [-0.4, -0.2) is 54.3 Å². The second-order valence-corrected chi connectivity index (χ2v) is 19.7. The van der Waals surface area contributed by atoms with Crippen LogP contribution in [0.25, 0.3) is 0 Å². The molecule has 0 radical (unpaired) electrons. The third-order valence-electron chi connectivity index (χ3n) is 12.0. The molecule has 9 nitrogen and oxygen atoms in total. The molecule has 0 saturated carbocycles. The summed E-state index contributed by atoms with van der Waals surface area (Å²) >= 11 is 0. The summed E-state index contributed by atoms with van der Waals surface area (Å²) in [5.74, 6) is -0.497. The molecule has 0 aromatic carbocycles. The lowest BCUT2D eigenvalue weighted by atomic mass is 10.0. The number of ether oxygens (including phenoxy) is 1. The monoisotopic (exact) mass is 888 g/mol. The molecule has 0 aliphatic heterocycles. The predicted octanol–water partition coefficient (Wildman–Crippen LogP) is 15.6. The number of nitrogens with one attached hydrogen (secondary N) is 1. The Balaban J connectivity index is 3.48. The molecule has 0 spiro atoms. The molecule has 10 heteroatoms. The number of carbonyl (C=O) groups excluding carboxylic acids is 2. The molecule has 2 atom stereocenters. The lowest BCUT2D eigenvalue weighted by Crippen LogP contribution is -2.27. The van der Waals surface area contributed by atoms with E-state index >= 15 is 0 Å². The Morgan fingerprint density at radius 3 is 1.07 bits per heavy atom. The molecule has 0 aliphatic rings. The van der Waals surface area contributed by atoms with Gasteiger partial charge in [-0.2, -0.15) is 0 Å². The lowest BCUT2D eigenvalue weighted by Gasteiger charge is -2.15. The van der Waals surface area contributed by atoms with Crippen molar-refractivity contribution in [1.29, 1.82) is 0 Å². The highest BCUT2D eigenvalue weighted by atomic mass is 31.2. The summed E-state index contributed by atoms with van der Waals surface area (Å²) in [7, 11) is -4.41. The van der Waals surface area contributed by atoms with Gasteiger partial charge in [-0.25, -0.2) is 4.57 Å². The summed E-state index contributed by atoms with van der Waals surface area (Å²) in [6, 6.07) is 0. The van der Waals surface area contributed by atoms with E-state index in [1.54, 1.807) is 0 Å². The predicted molar refractivity (Wildman–Crippen MR) is 257 cm³/mol. The van der Waals surface area contributed by atoms with E-state index in [4.69, 9.17) is 13.8 Å². The number of rotatable bonds is 51. The molecule has 0 aromatic heterocycles. The van der Waals surface area contributed by atoms with Crippen molar-refractivity contribution in [3.05, 3.63) is 0 Å². The number of unbranched alkanes of at least 4 members (excludes halogenated alkanes) is 38. The van der Waals surface area contributed by atoms with E-state index in [2.05, 4.69) is 19.2 Å². The average Bonchev–Trinajstić information content (AvgIpc) is 3.25. The van der Waals surface area contributed by atoms with E-state index in [-0.39, 0.29) is 25.7 Å². The first-order valence-electron chi connectivity index (χ1n) is 26.5. The minimum atomic E-state index is -4.41. The van der Waals surface area contributed by atoms with Crippen LogP contribution in [0, 0.1) is 0 Å². The Morgan fingerprint density at radius 2 is 0.738 bits per heavy atom. The van der Waals surface area contributed by atoms with E-state index in [1.165, 1.54) is 218 Å². The van der Waals surface area contributed by atoms with Gasteiger partial charge >= 0.3 is 13.8 Å². The van der Waals surface area contributed by atoms with Crippen molar-refractivity contribution < 1.29 is 37.9 Å². The van der Waals surface area contributed by atoms with Gasteiger partial charge in [-0.3, -0.25) is 18.6 Å². The largest absolute Gasteiger partial charge is 0.472 e. The fourth-order valence-corrected chi connectivity index (χ4v) is 8.79. The molecule has 364 valence electrons. The van der Waals surface area contributed by atoms with Crippen molar-refractivity contribution in [2.75, 3.05) is 26.4 Å². The molecule has 0 aliphatic carbocycles. The van der Waals surface area contributed by atoms with E-state index in [0.717, 1.165) is 38.5 Å². The number of phosphoric ester groups is 1. The second kappa shape index (κ2) is 48.5. The van der Waals surface area contributed by atoms with Gasteiger partial charge in [-0.1, -0.05) is 258 Å². The molecule has 2 unspecified atom stereocenters. The Hall–Kier alpha value is -0.990. The summed E-state index contributed by atoms with van der Waals surface area (Å²) in [5.41, 5.74) is 0. The van der Waals surface area contributed by atoms with Crippen LogP contribution in [0.1, 0.15) is 284 Å². The zero-order valence-corrected chi connectivity index (χ0v) is 41.3. The fourth-order valence-electron chi connectivity index (χ4n) is 8.03. The van der Waals surface area contributed by atoms with Crippen LogP contribution in [0.3, 0.4) is 0 Å². The van der Waals surface area contributed by atoms with Crippen LogP contribution < -0.4 is 5.32 Å². The number of aliphatic hydroxyl groups excluding tert-OH is 1. The number of hydrogen-bond donors (Lipinski definition) is 3. The van der Waals surface area contributed by atoms with Gasteiger partial charge in [-0.15, -0.1) is 0 Å². The summed E-state index contributed by atoms with van der Waals surface area (Å²) < 4.78 is 27.0. The highest BCUT2D eigenvalue weighted by molar-refractivity contribution is 7.47. The molecule has 0 bridgehead atoms. The van der Waals surface area contributed by atoms with Crippen LogP contribution in [0.5, 0.6) is 0 Å². The van der Waals surface area contributed by atoms with Crippen LogP contribution in [0.2, 0.25) is 0 Å². The average molecular weight is 888 g/mol. The summed E-state index contributed by atoms with van der Waals surface area (Å²) in [5, 5.41) is 12.8. The summed E-state index contributed by atoms with van der Waals surface area (Å²) in [4.78, 5) is 34.1. The van der Waals surface area contributed by atoms with Crippen LogP contribution in [0.4, 0.5) is 0 Å². The molecule has 0 fully saturated rings. The minimum absolute atomic E-state index is 0.0890. The van der Waals surface area contributed by atoms with Crippen molar-refractivity contribution >= 4 is 19.7 Å². The van der Waals surface area contributed by atoms with Crippen LogP contribution in [-0.2, 0) is 27.9 Å². The first kappa shape index (κ1) is 60.0. The third kappa shape index (κ3) is 49.9. The van der Waals surface area contributed by atoms with E-state index in [0.29, 0.717) is 12.8 Å². The van der Waals surface area contributed by atoms with Crippen molar-refractivity contribution in [3.8, 4) is 0 Å². The van der Waals surface area contributed by atoms with Crippen molar-refractivity contribution in [2.45, 2.75) is 290 Å².